The standard InChI is InChI=1S/C18H26O4Si/c1-13(22-23(5,6)18(2,3)4)16(20)11-10-14-8-7-9-17(21)15(14)12-19/h7-9,13,19,21H,12H2,1-6H3/t13-/m1/s1. The molecule has 1 aromatic rings. The van der Waals surface area contributed by atoms with Gasteiger partial charge in [-0.25, -0.2) is 0 Å². The molecular formula is C18H26O4Si. The van der Waals surface area contributed by atoms with E-state index in [-0.39, 0.29) is 23.2 Å². The highest BCUT2D eigenvalue weighted by atomic mass is 28.4. The highest BCUT2D eigenvalue weighted by Crippen LogP contribution is 2.37. The number of ketones is 1. The number of aliphatic hydroxyl groups excluding tert-OH is 1. The fraction of sp³-hybridized carbons (Fsp3) is 0.500. The lowest BCUT2D eigenvalue weighted by Crippen LogP contribution is -2.45. The minimum atomic E-state index is -2.03. The number of hydrogen-bond donors (Lipinski definition) is 2. The van der Waals surface area contributed by atoms with Crippen molar-refractivity contribution in [3.05, 3.63) is 29.3 Å². The van der Waals surface area contributed by atoms with Crippen LogP contribution >= 0.6 is 0 Å². The van der Waals surface area contributed by atoms with E-state index in [2.05, 4.69) is 45.7 Å². The summed E-state index contributed by atoms with van der Waals surface area (Å²) >= 11 is 0. The molecular weight excluding hydrogens is 308 g/mol. The van der Waals surface area contributed by atoms with Gasteiger partial charge < -0.3 is 14.6 Å². The first kappa shape index (κ1) is 19.4. The number of Topliss-reactive ketones (excluding diaryl/α,β-unsaturated/α-hetero) is 1. The van der Waals surface area contributed by atoms with Crippen LogP contribution in [0.4, 0.5) is 0 Å². The van der Waals surface area contributed by atoms with Gasteiger partial charge in [-0.1, -0.05) is 32.8 Å². The maximum Gasteiger partial charge on any atom is 0.232 e. The molecule has 23 heavy (non-hydrogen) atoms. The highest BCUT2D eigenvalue weighted by Gasteiger charge is 2.39. The Balaban J connectivity index is 2.92. The summed E-state index contributed by atoms with van der Waals surface area (Å²) in [4.78, 5) is 12.2. The van der Waals surface area contributed by atoms with Gasteiger partial charge in [-0.05, 0) is 43.1 Å². The van der Waals surface area contributed by atoms with E-state index < -0.39 is 14.4 Å². The SMILES string of the molecule is C[C@@H](O[Si](C)(C)C(C)(C)C)C(=O)C#Cc1cccc(O)c1CO. The Hall–Kier alpha value is -1.61. The summed E-state index contributed by atoms with van der Waals surface area (Å²) in [6.45, 7) is 11.9. The van der Waals surface area contributed by atoms with Crippen LogP contribution in [-0.4, -0.2) is 30.4 Å². The molecule has 0 fully saturated rings. The van der Waals surface area contributed by atoms with Crippen molar-refractivity contribution in [3.63, 3.8) is 0 Å². The first-order valence-corrected chi connectivity index (χ1v) is 10.6. The molecule has 0 spiro atoms. The van der Waals surface area contributed by atoms with Gasteiger partial charge in [0.15, 0.2) is 8.32 Å². The van der Waals surface area contributed by atoms with Gasteiger partial charge >= 0.3 is 0 Å². The van der Waals surface area contributed by atoms with Crippen LogP contribution in [0.5, 0.6) is 5.75 Å². The van der Waals surface area contributed by atoms with Crippen LogP contribution in [0.1, 0.15) is 38.8 Å². The molecule has 0 saturated carbocycles. The monoisotopic (exact) mass is 334 g/mol. The highest BCUT2D eigenvalue weighted by molar-refractivity contribution is 6.74. The molecule has 0 radical (unpaired) electrons. The Bertz CT molecular complexity index is 633. The predicted octanol–water partition coefficient (Wildman–Crippen LogP) is 3.22. The number of hydrogen-bond acceptors (Lipinski definition) is 4. The lowest BCUT2D eigenvalue weighted by molar-refractivity contribution is -0.119. The molecule has 126 valence electrons. The third kappa shape index (κ3) is 4.93. The van der Waals surface area contributed by atoms with Crippen LogP contribution in [0.15, 0.2) is 18.2 Å². The normalized spacial score (nSPS) is 13.2. The number of benzene rings is 1. The molecule has 4 nitrogen and oxygen atoms in total. The zero-order valence-electron chi connectivity index (χ0n) is 14.7. The number of aliphatic hydroxyl groups is 1. The van der Waals surface area contributed by atoms with E-state index in [0.717, 1.165) is 0 Å². The largest absolute Gasteiger partial charge is 0.508 e. The van der Waals surface area contributed by atoms with Crippen molar-refractivity contribution < 1.29 is 19.4 Å². The van der Waals surface area contributed by atoms with Crippen LogP contribution in [0.3, 0.4) is 0 Å². The first-order chi connectivity index (χ1) is 10.5. The molecule has 2 N–H and O–H groups in total. The minimum absolute atomic E-state index is 0.0181. The van der Waals surface area contributed by atoms with Crippen LogP contribution in [0.2, 0.25) is 18.1 Å². The molecule has 0 bridgehead atoms. The minimum Gasteiger partial charge on any atom is -0.508 e. The Labute approximate surface area is 139 Å². The summed E-state index contributed by atoms with van der Waals surface area (Å²) in [6, 6.07) is 4.76. The quantitative estimate of drug-likeness (QED) is 0.655. The van der Waals surface area contributed by atoms with Gasteiger partial charge in [0.1, 0.15) is 11.9 Å². The summed E-state index contributed by atoms with van der Waals surface area (Å²) in [5, 5.41) is 19.0. The van der Waals surface area contributed by atoms with Gasteiger partial charge in [0.2, 0.25) is 5.78 Å². The zero-order valence-corrected chi connectivity index (χ0v) is 15.7. The Morgan fingerprint density at radius 3 is 2.48 bits per heavy atom. The number of phenols is 1. The molecule has 5 heteroatoms. The molecule has 1 aromatic carbocycles. The van der Waals surface area contributed by atoms with E-state index in [9.17, 15) is 15.0 Å². The fourth-order valence-electron chi connectivity index (χ4n) is 1.76. The van der Waals surface area contributed by atoms with Crippen molar-refractivity contribution in [1.82, 2.24) is 0 Å². The third-order valence-corrected chi connectivity index (χ3v) is 8.83. The second kappa shape index (κ2) is 7.31. The van der Waals surface area contributed by atoms with Crippen LogP contribution in [0.25, 0.3) is 0 Å². The van der Waals surface area contributed by atoms with Gasteiger partial charge in [0, 0.05) is 11.1 Å². The molecule has 1 atom stereocenters. The summed E-state index contributed by atoms with van der Waals surface area (Å²) in [5.74, 6) is 4.95. The second-order valence-corrected chi connectivity index (χ2v) is 11.9. The average molecular weight is 334 g/mol. The van der Waals surface area contributed by atoms with Crippen molar-refractivity contribution in [2.75, 3.05) is 0 Å². The van der Waals surface area contributed by atoms with Crippen LogP contribution in [-0.2, 0) is 15.8 Å². The van der Waals surface area contributed by atoms with Crippen molar-refractivity contribution >= 4 is 14.1 Å². The maximum atomic E-state index is 12.2. The molecule has 0 aromatic heterocycles. The van der Waals surface area contributed by atoms with Crippen molar-refractivity contribution in [2.45, 2.75) is 58.5 Å². The number of aromatic hydroxyl groups is 1. The molecule has 0 heterocycles. The number of carbonyl (C=O) groups is 1. The van der Waals surface area contributed by atoms with E-state index in [1.54, 1.807) is 19.1 Å². The van der Waals surface area contributed by atoms with Crippen molar-refractivity contribution in [2.24, 2.45) is 0 Å². The van der Waals surface area contributed by atoms with Gasteiger partial charge in [-0.3, -0.25) is 4.79 Å². The topological polar surface area (TPSA) is 66.8 Å². The molecule has 0 aliphatic rings. The van der Waals surface area contributed by atoms with E-state index in [1.807, 2.05) is 0 Å². The second-order valence-electron chi connectivity index (χ2n) is 7.10. The molecule has 0 unspecified atom stereocenters. The summed E-state index contributed by atoms with van der Waals surface area (Å²) in [7, 11) is -2.03. The maximum absolute atomic E-state index is 12.2. The third-order valence-electron chi connectivity index (χ3n) is 4.28. The van der Waals surface area contributed by atoms with Crippen LogP contribution < -0.4 is 0 Å². The molecule has 0 amide bonds. The van der Waals surface area contributed by atoms with Gasteiger partial charge in [0.25, 0.3) is 0 Å². The average Bonchev–Trinajstić information content (AvgIpc) is 2.42. The van der Waals surface area contributed by atoms with Crippen molar-refractivity contribution in [1.29, 1.82) is 0 Å². The van der Waals surface area contributed by atoms with E-state index >= 15 is 0 Å². The number of carbonyl (C=O) groups excluding carboxylic acids is 1. The van der Waals surface area contributed by atoms with Gasteiger partial charge in [0.05, 0.1) is 6.61 Å². The lowest BCUT2D eigenvalue weighted by atomic mass is 10.1. The smallest absolute Gasteiger partial charge is 0.232 e. The van der Waals surface area contributed by atoms with Gasteiger partial charge in [-0.15, -0.1) is 0 Å². The molecule has 0 aliphatic heterocycles. The molecule has 0 aliphatic carbocycles. The van der Waals surface area contributed by atoms with Crippen LogP contribution in [0, 0.1) is 11.8 Å². The molecule has 0 saturated heterocycles. The molecule has 1 rings (SSSR count). The first-order valence-electron chi connectivity index (χ1n) is 7.65. The van der Waals surface area contributed by atoms with E-state index in [1.165, 1.54) is 6.07 Å². The Morgan fingerprint density at radius 2 is 1.96 bits per heavy atom. The predicted molar refractivity (Wildman–Crippen MR) is 93.7 cm³/mol. The zero-order chi connectivity index (χ0) is 17.8. The van der Waals surface area contributed by atoms with E-state index in [4.69, 9.17) is 4.43 Å². The Morgan fingerprint density at radius 1 is 1.35 bits per heavy atom. The summed E-state index contributed by atoms with van der Waals surface area (Å²) < 4.78 is 6.02. The van der Waals surface area contributed by atoms with Crippen molar-refractivity contribution in [3.8, 4) is 17.6 Å². The summed E-state index contributed by atoms with van der Waals surface area (Å²) in [5.41, 5.74) is 0.770. The summed E-state index contributed by atoms with van der Waals surface area (Å²) in [6.07, 6.45) is -0.599. The fourth-order valence-corrected chi connectivity index (χ4v) is 3.11. The lowest BCUT2D eigenvalue weighted by Gasteiger charge is -2.37. The van der Waals surface area contributed by atoms with Gasteiger partial charge in [-0.2, -0.15) is 0 Å². The number of rotatable bonds is 4. The Kier molecular flexibility index (Phi) is 6.17. The van der Waals surface area contributed by atoms with E-state index in [0.29, 0.717) is 11.1 Å².